The highest BCUT2D eigenvalue weighted by Gasteiger charge is 2.61. The van der Waals surface area contributed by atoms with Crippen LogP contribution in [0.3, 0.4) is 0 Å². The van der Waals surface area contributed by atoms with Gasteiger partial charge in [0.1, 0.15) is 0 Å². The van der Waals surface area contributed by atoms with Crippen LogP contribution in [0, 0.1) is 12.3 Å². The third-order valence-corrected chi connectivity index (χ3v) is 5.13. The van der Waals surface area contributed by atoms with Crippen LogP contribution < -0.4 is 0 Å². The lowest BCUT2D eigenvalue weighted by atomic mass is 9.87. The number of H-pyrrole nitrogens is 1. The number of hydrogen-bond donors (Lipinski definition) is 1. The van der Waals surface area contributed by atoms with E-state index < -0.39 is 0 Å². The van der Waals surface area contributed by atoms with Gasteiger partial charge in [0, 0.05) is 24.2 Å². The SMILES string of the molecule is Cc1[nH]cnc1CN(C)CC1(c2ccccc2)CC1(C)C. The van der Waals surface area contributed by atoms with Gasteiger partial charge in [0.15, 0.2) is 0 Å². The Balaban J connectivity index is 1.77. The van der Waals surface area contributed by atoms with E-state index in [-0.39, 0.29) is 5.41 Å². The van der Waals surface area contributed by atoms with Crippen molar-refractivity contribution in [3.63, 3.8) is 0 Å². The molecule has 0 bridgehead atoms. The molecule has 1 aliphatic carbocycles. The topological polar surface area (TPSA) is 31.9 Å². The van der Waals surface area contributed by atoms with Crippen molar-refractivity contribution in [2.24, 2.45) is 5.41 Å². The number of hydrogen-bond acceptors (Lipinski definition) is 2. The zero-order chi connectivity index (χ0) is 15.1. The van der Waals surface area contributed by atoms with Crippen molar-refractivity contribution < 1.29 is 0 Å². The Morgan fingerprint density at radius 3 is 2.43 bits per heavy atom. The van der Waals surface area contributed by atoms with Gasteiger partial charge in [0.25, 0.3) is 0 Å². The van der Waals surface area contributed by atoms with Crippen molar-refractivity contribution in [3.05, 3.63) is 53.6 Å². The minimum Gasteiger partial charge on any atom is -0.348 e. The molecule has 1 unspecified atom stereocenters. The van der Waals surface area contributed by atoms with Gasteiger partial charge in [0.05, 0.1) is 12.0 Å². The average molecular weight is 283 g/mol. The lowest BCUT2D eigenvalue weighted by Gasteiger charge is -2.27. The van der Waals surface area contributed by atoms with Crippen LogP contribution in [0.5, 0.6) is 0 Å². The van der Waals surface area contributed by atoms with Gasteiger partial charge in [0.2, 0.25) is 0 Å². The molecule has 21 heavy (non-hydrogen) atoms. The second kappa shape index (κ2) is 4.99. The Bertz CT molecular complexity index is 614. The van der Waals surface area contributed by atoms with Crippen LogP contribution >= 0.6 is 0 Å². The molecule has 2 aromatic rings. The minimum atomic E-state index is 0.285. The van der Waals surface area contributed by atoms with Crippen LogP contribution in [0.25, 0.3) is 0 Å². The summed E-state index contributed by atoms with van der Waals surface area (Å²) >= 11 is 0. The molecular formula is C18H25N3. The Hall–Kier alpha value is -1.61. The standard InChI is InChI=1S/C18H25N3/c1-14-16(20-13-19-14)10-21(4)12-18(11-17(18,2)3)15-8-6-5-7-9-15/h5-9,13H,10-12H2,1-4H3,(H,19,20). The predicted molar refractivity (Wildman–Crippen MR) is 86.2 cm³/mol. The van der Waals surface area contributed by atoms with Crippen LogP contribution in [0.1, 0.15) is 37.2 Å². The lowest BCUT2D eigenvalue weighted by molar-refractivity contribution is 0.268. The summed E-state index contributed by atoms with van der Waals surface area (Å²) in [5.74, 6) is 0. The van der Waals surface area contributed by atoms with Gasteiger partial charge in [-0.3, -0.25) is 4.90 Å². The first kappa shape index (κ1) is 14.3. The number of aromatic nitrogens is 2. The van der Waals surface area contributed by atoms with Crippen LogP contribution in [0.2, 0.25) is 0 Å². The van der Waals surface area contributed by atoms with Gasteiger partial charge >= 0.3 is 0 Å². The van der Waals surface area contributed by atoms with Gasteiger partial charge in [-0.2, -0.15) is 0 Å². The van der Waals surface area contributed by atoms with Crippen molar-refractivity contribution in [2.45, 2.75) is 39.2 Å². The Labute approximate surface area is 127 Å². The number of benzene rings is 1. The molecule has 3 heteroatoms. The normalized spacial score (nSPS) is 23.5. The maximum atomic E-state index is 4.42. The summed E-state index contributed by atoms with van der Waals surface area (Å²) in [5.41, 5.74) is 4.46. The van der Waals surface area contributed by atoms with Crippen LogP contribution in [0.4, 0.5) is 0 Å². The van der Waals surface area contributed by atoms with Gasteiger partial charge in [-0.05, 0) is 31.4 Å². The molecular weight excluding hydrogens is 258 g/mol. The van der Waals surface area contributed by atoms with E-state index in [4.69, 9.17) is 0 Å². The summed E-state index contributed by atoms with van der Waals surface area (Å²) in [5, 5.41) is 0. The predicted octanol–water partition coefficient (Wildman–Crippen LogP) is 3.52. The Kier molecular flexibility index (Phi) is 3.40. The van der Waals surface area contributed by atoms with Crippen molar-refractivity contribution in [1.82, 2.24) is 14.9 Å². The third kappa shape index (κ3) is 2.51. The molecule has 3 rings (SSSR count). The maximum absolute atomic E-state index is 4.42. The summed E-state index contributed by atoms with van der Waals surface area (Å²) in [6, 6.07) is 11.0. The molecule has 1 aromatic carbocycles. The fourth-order valence-electron chi connectivity index (χ4n) is 3.64. The van der Waals surface area contributed by atoms with E-state index in [9.17, 15) is 0 Å². The molecule has 1 aliphatic rings. The van der Waals surface area contributed by atoms with Gasteiger partial charge in [-0.15, -0.1) is 0 Å². The lowest BCUT2D eigenvalue weighted by Crippen LogP contribution is -2.32. The van der Waals surface area contributed by atoms with Crippen molar-refractivity contribution in [2.75, 3.05) is 13.6 Å². The number of imidazole rings is 1. The monoisotopic (exact) mass is 283 g/mol. The van der Waals surface area contributed by atoms with E-state index in [0.29, 0.717) is 5.41 Å². The molecule has 0 aliphatic heterocycles. The largest absolute Gasteiger partial charge is 0.348 e. The second-order valence-electron chi connectivity index (χ2n) is 7.16. The Morgan fingerprint density at radius 2 is 1.90 bits per heavy atom. The van der Waals surface area contributed by atoms with E-state index >= 15 is 0 Å². The molecule has 1 atom stereocenters. The highest BCUT2D eigenvalue weighted by molar-refractivity contribution is 5.37. The second-order valence-corrected chi connectivity index (χ2v) is 7.16. The van der Waals surface area contributed by atoms with E-state index in [2.05, 4.69) is 73.0 Å². The molecule has 0 amide bonds. The fraction of sp³-hybridized carbons (Fsp3) is 0.500. The molecule has 1 heterocycles. The molecule has 0 spiro atoms. The highest BCUT2D eigenvalue weighted by atomic mass is 15.1. The van der Waals surface area contributed by atoms with Gasteiger partial charge in [-0.1, -0.05) is 44.2 Å². The number of nitrogens with one attached hydrogen (secondary N) is 1. The van der Waals surface area contributed by atoms with Gasteiger partial charge < -0.3 is 4.98 Å². The highest BCUT2D eigenvalue weighted by Crippen LogP contribution is 2.64. The quantitative estimate of drug-likeness (QED) is 0.910. The summed E-state index contributed by atoms with van der Waals surface area (Å²) in [6.45, 7) is 8.84. The average Bonchev–Trinajstić information content (AvgIpc) is 2.76. The molecule has 0 saturated heterocycles. The van der Waals surface area contributed by atoms with E-state index in [0.717, 1.165) is 18.8 Å². The molecule has 1 aromatic heterocycles. The fourth-order valence-corrected chi connectivity index (χ4v) is 3.64. The Morgan fingerprint density at radius 1 is 1.24 bits per heavy atom. The first-order chi connectivity index (χ1) is 9.95. The number of likely N-dealkylation sites (N-methyl/N-ethyl adjacent to an activating group) is 1. The summed E-state index contributed by atoms with van der Waals surface area (Å²) in [4.78, 5) is 9.99. The molecule has 3 nitrogen and oxygen atoms in total. The first-order valence-corrected chi connectivity index (χ1v) is 7.68. The van der Waals surface area contributed by atoms with E-state index in [1.807, 2.05) is 0 Å². The smallest absolute Gasteiger partial charge is 0.0925 e. The van der Waals surface area contributed by atoms with Crippen LogP contribution in [0.15, 0.2) is 36.7 Å². The van der Waals surface area contributed by atoms with Crippen molar-refractivity contribution >= 4 is 0 Å². The zero-order valence-electron chi connectivity index (χ0n) is 13.5. The first-order valence-electron chi connectivity index (χ1n) is 7.68. The van der Waals surface area contributed by atoms with Crippen molar-refractivity contribution in [3.8, 4) is 0 Å². The molecule has 112 valence electrons. The summed E-state index contributed by atoms with van der Waals surface area (Å²) in [6.07, 6.45) is 3.04. The van der Waals surface area contributed by atoms with Crippen LogP contribution in [-0.4, -0.2) is 28.5 Å². The molecule has 0 radical (unpaired) electrons. The summed E-state index contributed by atoms with van der Waals surface area (Å²) < 4.78 is 0. The van der Waals surface area contributed by atoms with Gasteiger partial charge in [-0.25, -0.2) is 4.98 Å². The molecule has 1 fully saturated rings. The van der Waals surface area contributed by atoms with E-state index in [1.165, 1.54) is 17.7 Å². The zero-order valence-corrected chi connectivity index (χ0v) is 13.5. The van der Waals surface area contributed by atoms with Crippen molar-refractivity contribution in [1.29, 1.82) is 0 Å². The number of nitrogens with zero attached hydrogens (tertiary/aromatic N) is 2. The minimum absolute atomic E-state index is 0.285. The maximum Gasteiger partial charge on any atom is 0.0925 e. The number of aryl methyl sites for hydroxylation is 1. The van der Waals surface area contributed by atoms with Crippen LogP contribution in [-0.2, 0) is 12.0 Å². The molecule has 1 saturated carbocycles. The number of aromatic amines is 1. The number of rotatable bonds is 5. The molecule has 1 N–H and O–H groups in total. The third-order valence-electron chi connectivity index (χ3n) is 5.13. The van der Waals surface area contributed by atoms with E-state index in [1.54, 1.807) is 6.33 Å². The summed E-state index contributed by atoms with van der Waals surface area (Å²) in [7, 11) is 2.20.